The van der Waals surface area contributed by atoms with Gasteiger partial charge in [-0.1, -0.05) is 6.07 Å². The summed E-state index contributed by atoms with van der Waals surface area (Å²) in [6, 6.07) is 13.4. The van der Waals surface area contributed by atoms with E-state index in [0.29, 0.717) is 31.6 Å². The molecule has 148 valence electrons. The summed E-state index contributed by atoms with van der Waals surface area (Å²) in [7, 11) is 1.34. The minimum Gasteiger partial charge on any atom is -0.465 e. The second-order valence-corrected chi connectivity index (χ2v) is 6.59. The molecule has 28 heavy (non-hydrogen) atoms. The molecule has 1 amide bonds. The van der Waals surface area contributed by atoms with Crippen molar-refractivity contribution in [2.45, 2.75) is 6.42 Å². The molecule has 0 radical (unpaired) electrons. The van der Waals surface area contributed by atoms with Crippen LogP contribution in [0.25, 0.3) is 0 Å². The van der Waals surface area contributed by atoms with E-state index in [0.717, 1.165) is 24.5 Å². The number of benzene rings is 2. The number of carbonyl (C=O) groups excluding carboxylic acids is 2. The summed E-state index contributed by atoms with van der Waals surface area (Å²) in [6.45, 7) is 3.24. The molecule has 0 spiro atoms. The summed E-state index contributed by atoms with van der Waals surface area (Å²) in [5.41, 5.74) is 2.22. The number of carbonyl (C=O) groups is 2. The maximum Gasteiger partial charge on any atom is 0.337 e. The normalized spacial score (nSPS) is 13.9. The Hall–Kier alpha value is -3.09. The molecule has 6 nitrogen and oxygen atoms in total. The topological polar surface area (TPSA) is 61.9 Å². The number of methoxy groups -OCH3 is 1. The maximum absolute atomic E-state index is 13.0. The Balaban J connectivity index is 1.44. The summed E-state index contributed by atoms with van der Waals surface area (Å²) < 4.78 is 17.8. The molecule has 3 rings (SSSR count). The third-order valence-electron chi connectivity index (χ3n) is 4.78. The van der Waals surface area contributed by atoms with Gasteiger partial charge < -0.3 is 19.9 Å². The summed E-state index contributed by atoms with van der Waals surface area (Å²) in [5.74, 6) is -0.545. The van der Waals surface area contributed by atoms with Gasteiger partial charge in [-0.05, 0) is 42.5 Å². The lowest BCUT2D eigenvalue weighted by atomic mass is 10.2. The van der Waals surface area contributed by atoms with Gasteiger partial charge in [0.2, 0.25) is 5.91 Å². The third-order valence-corrected chi connectivity index (χ3v) is 4.78. The first-order chi connectivity index (χ1) is 13.6. The zero-order valence-corrected chi connectivity index (χ0v) is 15.9. The number of rotatable bonds is 6. The van der Waals surface area contributed by atoms with Gasteiger partial charge in [-0.15, -0.1) is 0 Å². The highest BCUT2D eigenvalue weighted by Crippen LogP contribution is 2.17. The van der Waals surface area contributed by atoms with Crippen molar-refractivity contribution in [2.24, 2.45) is 0 Å². The zero-order valence-electron chi connectivity index (χ0n) is 15.9. The average Bonchev–Trinajstić information content (AvgIpc) is 2.74. The largest absolute Gasteiger partial charge is 0.465 e. The van der Waals surface area contributed by atoms with E-state index in [1.807, 2.05) is 11.0 Å². The lowest BCUT2D eigenvalue weighted by molar-refractivity contribution is -0.131. The lowest BCUT2D eigenvalue weighted by Crippen LogP contribution is -2.49. The van der Waals surface area contributed by atoms with Crippen LogP contribution in [0, 0.1) is 5.82 Å². The number of nitrogens with one attached hydrogen (secondary N) is 1. The predicted molar refractivity (Wildman–Crippen MR) is 106 cm³/mol. The lowest BCUT2D eigenvalue weighted by Gasteiger charge is -2.36. The molecule has 1 aliphatic rings. The van der Waals surface area contributed by atoms with Crippen LogP contribution in [-0.2, 0) is 9.53 Å². The smallest absolute Gasteiger partial charge is 0.337 e. The first-order valence-electron chi connectivity index (χ1n) is 9.27. The molecule has 0 unspecified atom stereocenters. The van der Waals surface area contributed by atoms with Gasteiger partial charge in [0.1, 0.15) is 5.82 Å². The van der Waals surface area contributed by atoms with Crippen LogP contribution in [0.4, 0.5) is 15.8 Å². The molecule has 1 saturated heterocycles. The highest BCUT2D eigenvalue weighted by atomic mass is 19.1. The van der Waals surface area contributed by atoms with E-state index in [4.69, 9.17) is 4.74 Å². The van der Waals surface area contributed by atoms with E-state index in [1.54, 1.807) is 30.3 Å². The Labute approximate surface area is 163 Å². The van der Waals surface area contributed by atoms with Crippen LogP contribution in [-0.4, -0.2) is 56.6 Å². The number of hydrogen-bond donors (Lipinski definition) is 1. The molecule has 0 aromatic heterocycles. The first kappa shape index (κ1) is 19.7. The van der Waals surface area contributed by atoms with Gasteiger partial charge >= 0.3 is 5.97 Å². The Bertz CT molecular complexity index is 818. The number of piperazine rings is 1. The number of halogens is 1. The summed E-state index contributed by atoms with van der Waals surface area (Å²) in [6.07, 6.45) is 0.374. The standard InChI is InChI=1S/C21H24FN3O3/c1-28-21(27)16-3-2-4-18(15-16)23-10-9-20(26)25-13-11-24(12-14-25)19-7-5-17(22)6-8-19/h2-8,15,23H,9-14H2,1H3. The fourth-order valence-electron chi connectivity index (χ4n) is 3.21. The average molecular weight is 385 g/mol. The van der Waals surface area contributed by atoms with E-state index in [-0.39, 0.29) is 11.7 Å². The van der Waals surface area contributed by atoms with Gasteiger partial charge in [-0.25, -0.2) is 9.18 Å². The fourth-order valence-corrected chi connectivity index (χ4v) is 3.21. The summed E-state index contributed by atoms with van der Waals surface area (Å²) in [4.78, 5) is 28.0. The minimum absolute atomic E-state index is 0.0929. The van der Waals surface area contributed by atoms with E-state index in [2.05, 4.69) is 10.2 Å². The molecule has 2 aromatic carbocycles. The van der Waals surface area contributed by atoms with Gasteiger partial charge in [0.25, 0.3) is 0 Å². The molecule has 0 bridgehead atoms. The van der Waals surface area contributed by atoms with E-state index < -0.39 is 5.97 Å². The molecule has 0 atom stereocenters. The van der Waals surface area contributed by atoms with Gasteiger partial charge in [-0.3, -0.25) is 4.79 Å². The molecular weight excluding hydrogens is 361 g/mol. The second kappa shape index (κ2) is 9.21. The highest BCUT2D eigenvalue weighted by Gasteiger charge is 2.21. The predicted octanol–water partition coefficient (Wildman–Crippen LogP) is 2.76. The first-order valence-corrected chi connectivity index (χ1v) is 9.27. The molecule has 2 aromatic rings. The molecule has 0 saturated carbocycles. The third kappa shape index (κ3) is 5.00. The SMILES string of the molecule is COC(=O)c1cccc(NCCC(=O)N2CCN(c3ccc(F)cc3)CC2)c1. The van der Waals surface area contributed by atoms with Crippen LogP contribution in [0.1, 0.15) is 16.8 Å². The highest BCUT2D eigenvalue weighted by molar-refractivity contribution is 5.90. The van der Waals surface area contributed by atoms with Gasteiger partial charge in [0, 0.05) is 50.5 Å². The quantitative estimate of drug-likeness (QED) is 0.775. The van der Waals surface area contributed by atoms with E-state index in [9.17, 15) is 14.0 Å². The Kier molecular flexibility index (Phi) is 6.47. The van der Waals surface area contributed by atoms with Crippen LogP contribution in [0.5, 0.6) is 0 Å². The molecule has 1 aliphatic heterocycles. The van der Waals surface area contributed by atoms with Crippen molar-refractivity contribution in [1.82, 2.24) is 4.90 Å². The van der Waals surface area contributed by atoms with Crippen molar-refractivity contribution >= 4 is 23.3 Å². The number of ether oxygens (including phenoxy) is 1. The fraction of sp³-hybridized carbons (Fsp3) is 0.333. The number of anilines is 2. The van der Waals surface area contributed by atoms with Crippen molar-refractivity contribution in [2.75, 3.05) is 50.1 Å². The van der Waals surface area contributed by atoms with Crippen LogP contribution in [0.3, 0.4) is 0 Å². The van der Waals surface area contributed by atoms with E-state index in [1.165, 1.54) is 19.2 Å². The van der Waals surface area contributed by atoms with Crippen LogP contribution in [0.15, 0.2) is 48.5 Å². The Morgan fingerprint density at radius 2 is 1.79 bits per heavy atom. The summed E-state index contributed by atoms with van der Waals surface area (Å²) in [5, 5.41) is 3.17. The number of hydrogen-bond acceptors (Lipinski definition) is 5. The molecule has 1 N–H and O–H groups in total. The number of amides is 1. The van der Waals surface area contributed by atoms with Crippen molar-refractivity contribution in [1.29, 1.82) is 0 Å². The monoisotopic (exact) mass is 385 g/mol. The van der Waals surface area contributed by atoms with E-state index >= 15 is 0 Å². The van der Waals surface area contributed by atoms with Crippen LogP contribution in [0.2, 0.25) is 0 Å². The molecule has 7 heteroatoms. The Morgan fingerprint density at radius 1 is 1.07 bits per heavy atom. The second-order valence-electron chi connectivity index (χ2n) is 6.59. The van der Waals surface area contributed by atoms with Crippen molar-refractivity contribution < 1.29 is 18.7 Å². The van der Waals surface area contributed by atoms with Gasteiger partial charge in [0.05, 0.1) is 12.7 Å². The molecular formula is C21H24FN3O3. The van der Waals surface area contributed by atoms with Gasteiger partial charge in [-0.2, -0.15) is 0 Å². The molecule has 0 aliphatic carbocycles. The number of nitrogens with zero attached hydrogens (tertiary/aromatic N) is 2. The van der Waals surface area contributed by atoms with Crippen LogP contribution < -0.4 is 10.2 Å². The Morgan fingerprint density at radius 3 is 2.46 bits per heavy atom. The maximum atomic E-state index is 13.0. The summed E-state index contributed by atoms with van der Waals surface area (Å²) >= 11 is 0. The van der Waals surface area contributed by atoms with Crippen LogP contribution >= 0.6 is 0 Å². The van der Waals surface area contributed by atoms with Crippen molar-refractivity contribution in [3.63, 3.8) is 0 Å². The van der Waals surface area contributed by atoms with Crippen molar-refractivity contribution in [3.05, 3.63) is 59.9 Å². The minimum atomic E-state index is -0.390. The number of esters is 1. The zero-order chi connectivity index (χ0) is 19.9. The molecule has 1 heterocycles. The molecule has 1 fully saturated rings. The van der Waals surface area contributed by atoms with Gasteiger partial charge in [0.15, 0.2) is 0 Å². The van der Waals surface area contributed by atoms with Crippen molar-refractivity contribution in [3.8, 4) is 0 Å².